The van der Waals surface area contributed by atoms with Crippen molar-refractivity contribution in [2.75, 3.05) is 7.11 Å². The van der Waals surface area contributed by atoms with Crippen LogP contribution in [0, 0.1) is 0 Å². The molecule has 0 unspecified atom stereocenters. The van der Waals surface area contributed by atoms with Gasteiger partial charge in [0.2, 0.25) is 0 Å². The third-order valence-corrected chi connectivity index (χ3v) is 3.82. The van der Waals surface area contributed by atoms with Crippen molar-refractivity contribution in [2.45, 2.75) is 39.4 Å². The van der Waals surface area contributed by atoms with Crippen LogP contribution >= 0.6 is 0 Å². The van der Waals surface area contributed by atoms with E-state index < -0.39 is 29.9 Å². The lowest BCUT2D eigenvalue weighted by atomic mass is 9.99. The maximum absolute atomic E-state index is 12.7. The smallest absolute Gasteiger partial charge is 0.338 e. The molecule has 0 aromatic heterocycles. The molecule has 0 spiro atoms. The van der Waals surface area contributed by atoms with Crippen molar-refractivity contribution in [3.8, 4) is 5.75 Å². The van der Waals surface area contributed by atoms with Crippen LogP contribution in [0.15, 0.2) is 42.5 Å². The average molecular weight is 400 g/mol. The standard InChI is InChI=1S/C22H24O7/c1-22(2,3)29-20(25)15-10-17(16(12-19(23)24)18(11-15)27-4)21(26)28-13-14-8-6-5-7-9-14/h5-11H,12-13H2,1-4H3,(H,23,24). The Labute approximate surface area is 169 Å². The lowest BCUT2D eigenvalue weighted by Crippen LogP contribution is -2.24. The molecule has 0 aliphatic heterocycles. The van der Waals surface area contributed by atoms with Crippen molar-refractivity contribution in [3.05, 3.63) is 64.7 Å². The number of carboxylic acid groups (broad SMARTS) is 1. The first-order valence-electron chi connectivity index (χ1n) is 8.98. The predicted molar refractivity (Wildman–Crippen MR) is 105 cm³/mol. The number of benzene rings is 2. The summed E-state index contributed by atoms with van der Waals surface area (Å²) in [6, 6.07) is 11.7. The van der Waals surface area contributed by atoms with Crippen LogP contribution in [0.25, 0.3) is 0 Å². The number of carbonyl (C=O) groups excluding carboxylic acids is 2. The Morgan fingerprint density at radius 2 is 1.66 bits per heavy atom. The molecule has 2 aromatic rings. The van der Waals surface area contributed by atoms with Crippen LogP contribution in [0.4, 0.5) is 0 Å². The SMILES string of the molecule is COc1cc(C(=O)OC(C)(C)C)cc(C(=O)OCc2ccccc2)c1CC(=O)O. The lowest BCUT2D eigenvalue weighted by molar-refractivity contribution is -0.136. The molecule has 0 amide bonds. The number of methoxy groups -OCH3 is 1. The zero-order chi connectivity index (χ0) is 21.6. The molecule has 0 fully saturated rings. The largest absolute Gasteiger partial charge is 0.496 e. The zero-order valence-electron chi connectivity index (χ0n) is 16.9. The summed E-state index contributed by atoms with van der Waals surface area (Å²) in [7, 11) is 1.33. The van der Waals surface area contributed by atoms with Crippen LogP contribution in [0.5, 0.6) is 5.75 Å². The van der Waals surface area contributed by atoms with Crippen LogP contribution < -0.4 is 4.74 Å². The van der Waals surface area contributed by atoms with Gasteiger partial charge in [0.25, 0.3) is 0 Å². The van der Waals surface area contributed by atoms with Gasteiger partial charge in [-0.2, -0.15) is 0 Å². The molecular weight excluding hydrogens is 376 g/mol. The van der Waals surface area contributed by atoms with Gasteiger partial charge in [0, 0.05) is 5.56 Å². The summed E-state index contributed by atoms with van der Waals surface area (Å²) in [5.41, 5.74) is 0.181. The van der Waals surface area contributed by atoms with Crippen molar-refractivity contribution in [3.63, 3.8) is 0 Å². The second-order valence-corrected chi connectivity index (χ2v) is 7.34. The fourth-order valence-electron chi connectivity index (χ4n) is 2.60. The van der Waals surface area contributed by atoms with Gasteiger partial charge in [0.05, 0.1) is 24.7 Å². The molecule has 0 saturated heterocycles. The van der Waals surface area contributed by atoms with Crippen molar-refractivity contribution >= 4 is 17.9 Å². The number of ether oxygens (including phenoxy) is 3. The van der Waals surface area contributed by atoms with Gasteiger partial charge in [0.1, 0.15) is 18.0 Å². The van der Waals surface area contributed by atoms with Gasteiger partial charge in [-0.3, -0.25) is 4.79 Å². The molecule has 154 valence electrons. The third-order valence-electron chi connectivity index (χ3n) is 3.82. The third kappa shape index (κ3) is 6.34. The Morgan fingerprint density at radius 3 is 2.21 bits per heavy atom. The molecule has 0 saturated carbocycles. The first-order chi connectivity index (χ1) is 13.6. The Balaban J connectivity index is 2.41. The van der Waals surface area contributed by atoms with Crippen molar-refractivity contribution in [1.29, 1.82) is 0 Å². The van der Waals surface area contributed by atoms with E-state index >= 15 is 0 Å². The van der Waals surface area contributed by atoms with Gasteiger partial charge in [-0.15, -0.1) is 0 Å². The summed E-state index contributed by atoms with van der Waals surface area (Å²) < 4.78 is 15.9. The van der Waals surface area contributed by atoms with Crippen molar-refractivity contribution in [1.82, 2.24) is 0 Å². The minimum atomic E-state index is -1.15. The van der Waals surface area contributed by atoms with E-state index in [4.69, 9.17) is 14.2 Å². The lowest BCUT2D eigenvalue weighted by Gasteiger charge is -2.20. The molecule has 0 heterocycles. The monoisotopic (exact) mass is 400 g/mol. The van der Waals surface area contributed by atoms with Gasteiger partial charge in [0.15, 0.2) is 0 Å². The molecule has 7 heteroatoms. The number of rotatable bonds is 7. The summed E-state index contributed by atoms with van der Waals surface area (Å²) in [6.07, 6.45) is -0.465. The maximum Gasteiger partial charge on any atom is 0.338 e. The fourth-order valence-corrected chi connectivity index (χ4v) is 2.60. The number of carboxylic acids is 1. The molecule has 7 nitrogen and oxygen atoms in total. The van der Waals surface area contributed by atoms with E-state index in [1.54, 1.807) is 32.9 Å². The van der Waals surface area contributed by atoms with Crippen LogP contribution in [-0.4, -0.2) is 35.7 Å². The van der Waals surface area contributed by atoms with Gasteiger partial charge < -0.3 is 19.3 Å². The second-order valence-electron chi connectivity index (χ2n) is 7.34. The highest BCUT2D eigenvalue weighted by molar-refractivity contribution is 5.98. The van der Waals surface area contributed by atoms with Gasteiger partial charge in [-0.25, -0.2) is 9.59 Å². The molecule has 29 heavy (non-hydrogen) atoms. The summed E-state index contributed by atoms with van der Waals surface area (Å²) >= 11 is 0. The highest BCUT2D eigenvalue weighted by atomic mass is 16.6. The average Bonchev–Trinajstić information content (AvgIpc) is 2.65. The molecule has 2 aromatic carbocycles. The van der Waals surface area contributed by atoms with E-state index in [-0.39, 0.29) is 29.0 Å². The van der Waals surface area contributed by atoms with Gasteiger partial charge >= 0.3 is 17.9 Å². The van der Waals surface area contributed by atoms with Gasteiger partial charge in [-0.05, 0) is 38.5 Å². The van der Waals surface area contributed by atoms with Crippen molar-refractivity contribution < 1.29 is 33.7 Å². The Bertz CT molecular complexity index is 895. The quantitative estimate of drug-likeness (QED) is 0.709. The molecule has 0 atom stereocenters. The van der Waals surface area contributed by atoms with Crippen LogP contribution in [0.1, 0.15) is 52.6 Å². The molecule has 0 aliphatic carbocycles. The van der Waals surface area contributed by atoms with E-state index in [0.717, 1.165) is 5.56 Å². The molecule has 0 aliphatic rings. The van der Waals surface area contributed by atoms with E-state index in [1.165, 1.54) is 19.2 Å². The number of carbonyl (C=O) groups is 3. The second kappa shape index (κ2) is 9.23. The molecule has 0 bridgehead atoms. The summed E-state index contributed by atoms with van der Waals surface area (Å²) in [5, 5.41) is 9.23. The van der Waals surface area contributed by atoms with Crippen LogP contribution in [0.2, 0.25) is 0 Å². The fraction of sp³-hybridized carbons (Fsp3) is 0.318. The van der Waals surface area contributed by atoms with E-state index in [9.17, 15) is 19.5 Å². The van der Waals surface area contributed by atoms with Crippen LogP contribution in [-0.2, 0) is 27.3 Å². The molecule has 1 N–H and O–H groups in total. The Kier molecular flexibility index (Phi) is 6.98. The van der Waals surface area contributed by atoms with Crippen molar-refractivity contribution in [2.24, 2.45) is 0 Å². The zero-order valence-corrected chi connectivity index (χ0v) is 16.9. The van der Waals surface area contributed by atoms with E-state index in [0.29, 0.717) is 0 Å². The van der Waals surface area contributed by atoms with Crippen LogP contribution in [0.3, 0.4) is 0 Å². The highest BCUT2D eigenvalue weighted by Gasteiger charge is 2.25. The van der Waals surface area contributed by atoms with E-state index in [1.807, 2.05) is 18.2 Å². The summed E-state index contributed by atoms with van der Waals surface area (Å²) in [4.78, 5) is 36.5. The maximum atomic E-state index is 12.7. The number of hydrogen-bond donors (Lipinski definition) is 1. The molecule has 2 rings (SSSR count). The first-order valence-corrected chi connectivity index (χ1v) is 8.98. The minimum absolute atomic E-state index is 0.00512. The van der Waals surface area contributed by atoms with Gasteiger partial charge in [-0.1, -0.05) is 30.3 Å². The highest BCUT2D eigenvalue weighted by Crippen LogP contribution is 2.28. The summed E-state index contributed by atoms with van der Waals surface area (Å²) in [6.45, 7) is 5.16. The normalized spacial score (nSPS) is 10.9. The number of hydrogen-bond acceptors (Lipinski definition) is 6. The molecular formula is C22H24O7. The minimum Gasteiger partial charge on any atom is -0.496 e. The first kappa shape index (κ1) is 21.9. The predicted octanol–water partition coefficient (Wildman–Crippen LogP) is 3.63. The number of aliphatic carboxylic acids is 1. The van der Waals surface area contributed by atoms with E-state index in [2.05, 4.69) is 0 Å². The Hall–Kier alpha value is -3.35. The molecule has 0 radical (unpaired) electrons. The Morgan fingerprint density at radius 1 is 1.00 bits per heavy atom. The summed E-state index contributed by atoms with van der Waals surface area (Å²) in [5.74, 6) is -2.46. The topological polar surface area (TPSA) is 99.1 Å². The number of esters is 2.